The van der Waals surface area contributed by atoms with Crippen molar-refractivity contribution in [2.45, 2.75) is 95.3 Å². The van der Waals surface area contributed by atoms with E-state index in [2.05, 4.69) is 85.2 Å². The number of nitrogens with one attached hydrogen (secondary N) is 2. The summed E-state index contributed by atoms with van der Waals surface area (Å²) in [7, 11) is 3.63. The molecule has 16 nitrogen and oxygen atoms in total. The highest BCUT2D eigenvalue weighted by molar-refractivity contribution is 9.10. The first-order valence-electron chi connectivity index (χ1n) is 23.3. The summed E-state index contributed by atoms with van der Waals surface area (Å²) in [4.78, 5) is 60.0. The van der Waals surface area contributed by atoms with Crippen LogP contribution in [-0.2, 0) is 11.1 Å². The Morgan fingerprint density at radius 2 is 1.10 bits per heavy atom. The number of halogens is 3. The zero-order valence-electron chi connectivity index (χ0n) is 38.9. The number of nitrogens with zero attached hydrogens (tertiary/aromatic N) is 12. The van der Waals surface area contributed by atoms with E-state index in [0.29, 0.717) is 64.5 Å². The Morgan fingerprint density at radius 1 is 0.647 bits per heavy atom. The summed E-state index contributed by atoms with van der Waals surface area (Å²) >= 11 is 3.34. The molecule has 2 atom stereocenters. The van der Waals surface area contributed by atoms with E-state index in [-0.39, 0.29) is 46.9 Å². The second-order valence-electron chi connectivity index (χ2n) is 19.6. The number of rotatable bonds is 13. The number of aromatic nitrogens is 8. The predicted molar refractivity (Wildman–Crippen MR) is 258 cm³/mol. The minimum absolute atomic E-state index is 0.0473. The number of imidazole rings is 2. The van der Waals surface area contributed by atoms with E-state index >= 15 is 0 Å². The number of benzene rings is 2. The summed E-state index contributed by atoms with van der Waals surface area (Å²) in [6, 6.07) is 13.5. The van der Waals surface area contributed by atoms with Crippen molar-refractivity contribution in [3.05, 3.63) is 119 Å². The molecule has 2 aliphatic heterocycles. The Hall–Kier alpha value is -6.50. The molecule has 68 heavy (non-hydrogen) atoms. The van der Waals surface area contributed by atoms with Gasteiger partial charge in [0.2, 0.25) is 11.9 Å². The van der Waals surface area contributed by atoms with E-state index in [0.717, 1.165) is 61.2 Å². The third kappa shape index (κ3) is 8.99. The lowest BCUT2D eigenvalue weighted by molar-refractivity contribution is 0.228. The molecule has 6 aromatic rings. The molecule has 4 amide bonds. The highest BCUT2D eigenvalue weighted by Crippen LogP contribution is 2.49. The number of carbonyl (C=O) groups excluding carboxylic acids is 2. The number of carbonyl (C=O) groups is 2. The van der Waals surface area contributed by atoms with Crippen LogP contribution in [0.5, 0.6) is 0 Å². The zero-order valence-corrected chi connectivity index (χ0v) is 40.5. The van der Waals surface area contributed by atoms with Crippen molar-refractivity contribution in [1.82, 2.24) is 48.8 Å². The molecule has 2 N–H and O–H groups in total. The molecule has 3 saturated carbocycles. The minimum atomic E-state index is -0.377. The quantitative estimate of drug-likeness (QED) is 0.114. The molecule has 354 valence electrons. The molecule has 6 heterocycles. The monoisotopic (exact) mass is 988 g/mol. The molecule has 3 aliphatic carbocycles. The lowest BCUT2D eigenvalue weighted by Crippen LogP contribution is -2.38. The Kier molecular flexibility index (Phi) is 11.7. The van der Waals surface area contributed by atoms with Crippen LogP contribution in [0.3, 0.4) is 0 Å². The first-order chi connectivity index (χ1) is 32.6. The molecular formula is C49H55BrF2N14O2. The van der Waals surface area contributed by atoms with Crippen LogP contribution in [0, 0.1) is 23.5 Å². The maximum atomic E-state index is 14.2. The van der Waals surface area contributed by atoms with Crippen LogP contribution in [0.15, 0.2) is 90.4 Å². The molecular weight excluding hydrogens is 935 g/mol. The van der Waals surface area contributed by atoms with Gasteiger partial charge in [0.15, 0.2) is 0 Å². The average Bonchev–Trinajstić information content (AvgIpc) is 4.27. The van der Waals surface area contributed by atoms with Gasteiger partial charge in [-0.25, -0.2) is 38.3 Å². The fraction of sp³-hybridized carbons (Fsp3) is 0.429. The summed E-state index contributed by atoms with van der Waals surface area (Å²) in [5.41, 5.74) is 3.51. The molecule has 11 rings (SSSR count). The van der Waals surface area contributed by atoms with E-state index in [1.54, 1.807) is 73.5 Å². The van der Waals surface area contributed by atoms with Crippen LogP contribution in [0.2, 0.25) is 0 Å². The summed E-state index contributed by atoms with van der Waals surface area (Å²) in [5, 5.41) is 6.91. The standard InChI is InChI=1S/C26H30FN7O.C23H25BrFN7O/c1-16(2)21-13-32(3)25(35)34(21)23-6-9-28-24(30-23)31-26(7-8-26)22-14-33(15-29-22)20-11-18(17-4-5-17)10-19(27)12-20;1-14(2)18-11-30(3)22(33)32(18)20-4-7-26-21(28-20)29-23(5-6-23)19-12-31(13-27-19)17-9-15(24)8-16(25)10-17/h6,9-12,14-17,21H,4-5,7-8,13H2,1-3H3,(H,28,30,31);4,7-10,12-14,18H,5-6,11H2,1-3H3,(H,26,28,29)/t21-;18-/m11/s1. The number of urea groups is 2. The van der Waals surface area contributed by atoms with Gasteiger partial charge < -0.3 is 29.6 Å². The van der Waals surface area contributed by atoms with Crippen molar-refractivity contribution < 1.29 is 18.4 Å². The molecule has 0 radical (unpaired) electrons. The highest BCUT2D eigenvalue weighted by atomic mass is 79.9. The Labute approximate surface area is 402 Å². The summed E-state index contributed by atoms with van der Waals surface area (Å²) in [5.74, 6) is 2.66. The maximum absolute atomic E-state index is 14.2. The fourth-order valence-corrected chi connectivity index (χ4v) is 9.70. The van der Waals surface area contributed by atoms with E-state index in [9.17, 15) is 18.4 Å². The first kappa shape index (κ1) is 45.3. The lowest BCUT2D eigenvalue weighted by Gasteiger charge is -2.25. The molecule has 0 unspecified atom stereocenters. The minimum Gasteiger partial charge on any atom is -0.343 e. The summed E-state index contributed by atoms with van der Waals surface area (Å²) < 4.78 is 32.4. The van der Waals surface area contributed by atoms with Crippen molar-refractivity contribution in [2.24, 2.45) is 11.8 Å². The van der Waals surface area contributed by atoms with Gasteiger partial charge in [-0.15, -0.1) is 0 Å². The van der Waals surface area contributed by atoms with Gasteiger partial charge in [-0.1, -0.05) is 43.6 Å². The second kappa shape index (κ2) is 17.5. The molecule has 2 saturated heterocycles. The van der Waals surface area contributed by atoms with Gasteiger partial charge in [0.25, 0.3) is 0 Å². The van der Waals surface area contributed by atoms with Gasteiger partial charge in [-0.05, 0) is 110 Å². The molecule has 0 spiro atoms. The van der Waals surface area contributed by atoms with Gasteiger partial charge in [0.05, 0.1) is 52.9 Å². The molecule has 5 fully saturated rings. The Bertz CT molecular complexity index is 2850. The largest absolute Gasteiger partial charge is 0.343 e. The van der Waals surface area contributed by atoms with E-state index in [1.807, 2.05) is 37.1 Å². The highest BCUT2D eigenvalue weighted by Gasteiger charge is 2.49. The van der Waals surface area contributed by atoms with Crippen molar-refractivity contribution in [1.29, 1.82) is 0 Å². The maximum Gasteiger partial charge on any atom is 0.325 e. The number of hydrogen-bond acceptors (Lipinski definition) is 10. The number of anilines is 4. The van der Waals surface area contributed by atoms with Crippen LogP contribution in [-0.4, -0.2) is 100 Å². The zero-order chi connectivity index (χ0) is 47.6. The number of hydrogen-bond donors (Lipinski definition) is 2. The SMILES string of the molecule is CC(C)[C@H]1CN(C)C(=O)N1c1ccnc(NC2(c3cn(-c4cc(F)cc(Br)c4)cn3)CC2)n1.CC(C)[C@H]1CN(C)C(=O)N1c1ccnc(NC2(c3cn(-c4cc(F)cc(C5CC5)c4)cn3)CC2)n1. The second-order valence-corrected chi connectivity index (χ2v) is 20.5. The normalized spacial score (nSPS) is 20.3. The van der Waals surface area contributed by atoms with Gasteiger partial charge in [-0.3, -0.25) is 9.80 Å². The van der Waals surface area contributed by atoms with Crippen molar-refractivity contribution >= 4 is 51.5 Å². The van der Waals surface area contributed by atoms with E-state index in [1.165, 1.54) is 12.1 Å². The predicted octanol–water partition coefficient (Wildman–Crippen LogP) is 9.24. The fourth-order valence-electron chi connectivity index (χ4n) is 9.25. The third-order valence-electron chi connectivity index (χ3n) is 13.7. The first-order valence-corrected chi connectivity index (χ1v) is 24.1. The van der Waals surface area contributed by atoms with Crippen LogP contribution < -0.4 is 20.4 Å². The number of likely N-dealkylation sites (N-methyl/N-ethyl adjacent to an activating group) is 2. The number of amides is 4. The topological polar surface area (TPSA) is 158 Å². The van der Waals surface area contributed by atoms with Crippen molar-refractivity contribution in [3.8, 4) is 11.4 Å². The molecule has 5 aliphatic rings. The van der Waals surface area contributed by atoms with Crippen LogP contribution in [0.4, 0.5) is 41.9 Å². The molecule has 0 bridgehead atoms. The summed E-state index contributed by atoms with van der Waals surface area (Å²) in [6.45, 7) is 9.79. The van der Waals surface area contributed by atoms with Gasteiger partial charge in [0.1, 0.15) is 23.3 Å². The summed E-state index contributed by atoms with van der Waals surface area (Å²) in [6.07, 6.45) is 16.5. The van der Waals surface area contributed by atoms with E-state index < -0.39 is 0 Å². The van der Waals surface area contributed by atoms with Gasteiger partial charge in [-0.2, -0.15) is 9.97 Å². The van der Waals surface area contributed by atoms with Crippen LogP contribution in [0.25, 0.3) is 11.4 Å². The van der Waals surface area contributed by atoms with Crippen molar-refractivity contribution in [2.75, 3.05) is 47.6 Å². The Balaban J connectivity index is 0.000000159. The third-order valence-corrected chi connectivity index (χ3v) is 14.2. The molecule has 19 heteroatoms. The average molecular weight is 990 g/mol. The molecule has 2 aromatic carbocycles. The van der Waals surface area contributed by atoms with Crippen LogP contribution >= 0.6 is 15.9 Å². The Morgan fingerprint density at radius 3 is 1.53 bits per heavy atom. The van der Waals surface area contributed by atoms with Crippen molar-refractivity contribution in [3.63, 3.8) is 0 Å². The van der Waals surface area contributed by atoms with Gasteiger partial charge in [0, 0.05) is 62.1 Å². The van der Waals surface area contributed by atoms with E-state index in [4.69, 9.17) is 4.98 Å². The molecule has 4 aromatic heterocycles. The van der Waals surface area contributed by atoms with Gasteiger partial charge >= 0.3 is 12.1 Å². The van der Waals surface area contributed by atoms with Crippen LogP contribution in [0.1, 0.15) is 89.1 Å². The smallest absolute Gasteiger partial charge is 0.325 e. The lowest BCUT2D eigenvalue weighted by atomic mass is 10.0.